The van der Waals surface area contributed by atoms with Gasteiger partial charge in [0.2, 0.25) is 0 Å². The van der Waals surface area contributed by atoms with Crippen LogP contribution in [0.25, 0.3) is 0 Å². The van der Waals surface area contributed by atoms with Gasteiger partial charge in [-0.25, -0.2) is 0 Å². The summed E-state index contributed by atoms with van der Waals surface area (Å²) in [7, 11) is 0. The highest BCUT2D eigenvalue weighted by molar-refractivity contribution is 6.33. The monoisotopic (exact) mass is 220 g/mol. The van der Waals surface area contributed by atoms with E-state index in [9.17, 15) is 0 Å². The molecule has 0 aliphatic rings. The summed E-state index contributed by atoms with van der Waals surface area (Å²) < 4.78 is 5.08. The Morgan fingerprint density at radius 2 is 2.07 bits per heavy atom. The van der Waals surface area contributed by atoms with Gasteiger partial charge in [-0.05, 0) is 24.3 Å². The van der Waals surface area contributed by atoms with Crippen molar-refractivity contribution in [3.63, 3.8) is 0 Å². The smallest absolute Gasteiger partial charge is 0.146 e. The molecule has 0 aliphatic heterocycles. The van der Waals surface area contributed by atoms with Crippen LogP contribution in [-0.4, -0.2) is 6.21 Å². The molecule has 0 unspecified atom stereocenters. The summed E-state index contributed by atoms with van der Waals surface area (Å²) in [5, 5.41) is 4.63. The molecule has 0 amide bonds. The second-order valence-corrected chi connectivity index (χ2v) is 3.27. The molecular weight excluding hydrogens is 212 g/mol. The SMILES string of the molecule is Clc1ccccc1N/N=C/c1ccco1. The molecule has 0 fully saturated rings. The van der Waals surface area contributed by atoms with Crippen LogP contribution < -0.4 is 5.43 Å². The summed E-state index contributed by atoms with van der Waals surface area (Å²) in [6.07, 6.45) is 3.18. The van der Waals surface area contributed by atoms with E-state index in [0.717, 1.165) is 5.69 Å². The number of rotatable bonds is 3. The summed E-state index contributed by atoms with van der Waals surface area (Å²) in [5.41, 5.74) is 3.59. The molecule has 3 nitrogen and oxygen atoms in total. The molecule has 1 heterocycles. The number of para-hydroxylation sites is 1. The molecule has 0 saturated carbocycles. The summed E-state index contributed by atoms with van der Waals surface area (Å²) in [4.78, 5) is 0. The molecule has 2 rings (SSSR count). The number of anilines is 1. The molecule has 0 aliphatic carbocycles. The Morgan fingerprint density at radius 3 is 2.80 bits per heavy atom. The zero-order chi connectivity index (χ0) is 10.5. The van der Waals surface area contributed by atoms with Crippen LogP contribution in [0, 0.1) is 0 Å². The molecule has 0 saturated heterocycles. The van der Waals surface area contributed by atoms with Gasteiger partial charge in [-0.15, -0.1) is 0 Å². The van der Waals surface area contributed by atoms with Crippen LogP contribution >= 0.6 is 11.6 Å². The topological polar surface area (TPSA) is 37.5 Å². The van der Waals surface area contributed by atoms with Crippen molar-refractivity contribution in [2.75, 3.05) is 5.43 Å². The van der Waals surface area contributed by atoms with Crippen molar-refractivity contribution in [3.8, 4) is 0 Å². The molecule has 15 heavy (non-hydrogen) atoms. The molecular formula is C11H9ClN2O. The molecule has 0 atom stereocenters. The fraction of sp³-hybridized carbons (Fsp3) is 0. The van der Waals surface area contributed by atoms with Crippen LogP contribution in [-0.2, 0) is 0 Å². The lowest BCUT2D eigenvalue weighted by molar-refractivity contribution is 0.560. The van der Waals surface area contributed by atoms with Gasteiger partial charge in [-0.2, -0.15) is 5.10 Å². The van der Waals surface area contributed by atoms with E-state index in [0.29, 0.717) is 10.8 Å². The van der Waals surface area contributed by atoms with E-state index in [1.54, 1.807) is 24.6 Å². The summed E-state index contributed by atoms with van der Waals surface area (Å²) in [6.45, 7) is 0. The maximum absolute atomic E-state index is 5.93. The zero-order valence-electron chi connectivity index (χ0n) is 7.85. The third-order valence-electron chi connectivity index (χ3n) is 1.79. The van der Waals surface area contributed by atoms with Crippen molar-refractivity contribution in [2.24, 2.45) is 5.10 Å². The molecule has 2 aromatic rings. The number of hydrogen-bond donors (Lipinski definition) is 1. The predicted octanol–water partition coefficient (Wildman–Crippen LogP) is 3.38. The van der Waals surface area contributed by atoms with Crippen LogP contribution in [0.4, 0.5) is 5.69 Å². The van der Waals surface area contributed by atoms with Gasteiger partial charge in [-0.1, -0.05) is 23.7 Å². The van der Waals surface area contributed by atoms with Gasteiger partial charge in [0.05, 0.1) is 23.2 Å². The molecule has 0 spiro atoms. The van der Waals surface area contributed by atoms with Crippen molar-refractivity contribution in [1.82, 2.24) is 0 Å². The Bertz CT molecular complexity index is 451. The number of hydrazone groups is 1. The molecule has 76 valence electrons. The van der Waals surface area contributed by atoms with Crippen molar-refractivity contribution in [1.29, 1.82) is 0 Å². The normalized spacial score (nSPS) is 10.7. The maximum atomic E-state index is 5.93. The molecule has 1 aromatic carbocycles. The highest BCUT2D eigenvalue weighted by atomic mass is 35.5. The third-order valence-corrected chi connectivity index (χ3v) is 2.12. The van der Waals surface area contributed by atoms with Crippen LogP contribution in [0.15, 0.2) is 52.2 Å². The first kappa shape index (κ1) is 9.80. The molecule has 1 N–H and O–H groups in total. The first-order chi connectivity index (χ1) is 7.36. The minimum Gasteiger partial charge on any atom is -0.463 e. The minimum absolute atomic E-state index is 0.633. The Labute approximate surface area is 92.4 Å². The fourth-order valence-electron chi connectivity index (χ4n) is 1.08. The van der Waals surface area contributed by atoms with Crippen molar-refractivity contribution >= 4 is 23.5 Å². The lowest BCUT2D eigenvalue weighted by Crippen LogP contribution is -1.89. The van der Waals surface area contributed by atoms with Crippen LogP contribution in [0.1, 0.15) is 5.76 Å². The second kappa shape index (κ2) is 4.66. The van der Waals surface area contributed by atoms with Crippen molar-refractivity contribution < 1.29 is 4.42 Å². The van der Waals surface area contributed by atoms with Gasteiger partial charge >= 0.3 is 0 Å². The van der Waals surface area contributed by atoms with Crippen molar-refractivity contribution in [2.45, 2.75) is 0 Å². The van der Waals surface area contributed by atoms with E-state index in [2.05, 4.69) is 10.5 Å². The van der Waals surface area contributed by atoms with E-state index < -0.39 is 0 Å². The van der Waals surface area contributed by atoms with E-state index in [4.69, 9.17) is 16.0 Å². The second-order valence-electron chi connectivity index (χ2n) is 2.87. The quantitative estimate of drug-likeness (QED) is 0.636. The highest BCUT2D eigenvalue weighted by Crippen LogP contribution is 2.20. The van der Waals surface area contributed by atoms with Crippen LogP contribution in [0.2, 0.25) is 5.02 Å². The van der Waals surface area contributed by atoms with Crippen LogP contribution in [0.3, 0.4) is 0 Å². The zero-order valence-corrected chi connectivity index (χ0v) is 8.61. The van der Waals surface area contributed by atoms with Crippen LogP contribution in [0.5, 0.6) is 0 Å². The molecule has 0 bridgehead atoms. The standard InChI is InChI=1S/C11H9ClN2O/c12-10-5-1-2-6-11(10)14-13-8-9-4-3-7-15-9/h1-8,14H/b13-8+. The third kappa shape index (κ3) is 2.60. The number of furan rings is 1. The van der Waals surface area contributed by atoms with Gasteiger partial charge in [-0.3, -0.25) is 5.43 Å². The Morgan fingerprint density at radius 1 is 1.20 bits per heavy atom. The van der Waals surface area contributed by atoms with E-state index in [-0.39, 0.29) is 0 Å². The van der Waals surface area contributed by atoms with E-state index in [1.807, 2.05) is 24.3 Å². The highest BCUT2D eigenvalue weighted by Gasteiger charge is 1.95. The predicted molar refractivity (Wildman–Crippen MR) is 61.4 cm³/mol. The lowest BCUT2D eigenvalue weighted by Gasteiger charge is -2.00. The summed E-state index contributed by atoms with van der Waals surface area (Å²) >= 11 is 5.93. The molecule has 0 radical (unpaired) electrons. The van der Waals surface area contributed by atoms with Gasteiger partial charge in [0.15, 0.2) is 0 Å². The average Bonchev–Trinajstić information content (AvgIpc) is 2.74. The number of benzene rings is 1. The average molecular weight is 221 g/mol. The Kier molecular flexibility index (Phi) is 3.05. The Hall–Kier alpha value is -1.74. The minimum atomic E-state index is 0.633. The summed E-state index contributed by atoms with van der Waals surface area (Å²) in [5.74, 6) is 0.689. The summed E-state index contributed by atoms with van der Waals surface area (Å²) in [6, 6.07) is 11.0. The van der Waals surface area contributed by atoms with Gasteiger partial charge in [0.1, 0.15) is 5.76 Å². The molecule has 4 heteroatoms. The largest absolute Gasteiger partial charge is 0.463 e. The Balaban J connectivity index is 2.02. The van der Waals surface area contributed by atoms with E-state index in [1.165, 1.54) is 0 Å². The lowest BCUT2D eigenvalue weighted by atomic mass is 10.3. The first-order valence-electron chi connectivity index (χ1n) is 4.43. The number of nitrogens with one attached hydrogen (secondary N) is 1. The number of hydrogen-bond acceptors (Lipinski definition) is 3. The van der Waals surface area contributed by atoms with Gasteiger partial charge < -0.3 is 4.42 Å². The number of nitrogens with zero attached hydrogens (tertiary/aromatic N) is 1. The van der Waals surface area contributed by atoms with Gasteiger partial charge in [0.25, 0.3) is 0 Å². The fourth-order valence-corrected chi connectivity index (χ4v) is 1.26. The first-order valence-corrected chi connectivity index (χ1v) is 4.81. The van der Waals surface area contributed by atoms with Gasteiger partial charge in [0, 0.05) is 0 Å². The van der Waals surface area contributed by atoms with Crippen molar-refractivity contribution in [3.05, 3.63) is 53.4 Å². The molecule has 1 aromatic heterocycles. The number of halogens is 1. The van der Waals surface area contributed by atoms with E-state index >= 15 is 0 Å². The maximum Gasteiger partial charge on any atom is 0.146 e.